The molecule has 0 spiro atoms. The Labute approximate surface area is 86.2 Å². The molecule has 0 aromatic rings. The molecule has 0 unspecified atom stereocenters. The summed E-state index contributed by atoms with van der Waals surface area (Å²) in [5, 5.41) is 0. The zero-order chi connectivity index (χ0) is 9.36. The van der Waals surface area contributed by atoms with Crippen molar-refractivity contribution in [3.05, 3.63) is 0 Å². The third-order valence-corrected chi connectivity index (χ3v) is 2.69. The molecule has 1 saturated heterocycles. The van der Waals surface area contributed by atoms with Gasteiger partial charge in [-0.15, -0.1) is 11.6 Å². The van der Waals surface area contributed by atoms with E-state index in [4.69, 9.17) is 16.3 Å². The zero-order valence-corrected chi connectivity index (χ0v) is 9.06. The summed E-state index contributed by atoms with van der Waals surface area (Å²) < 4.78 is 5.39. The van der Waals surface area contributed by atoms with E-state index < -0.39 is 0 Å². The summed E-state index contributed by atoms with van der Waals surface area (Å²) in [5.41, 5.74) is 0. The standard InChI is InChI=1S/C10H20ClNO/c11-5-2-1-3-6-12-7-4-9-13-10-8-12/h1-10H2. The highest BCUT2D eigenvalue weighted by molar-refractivity contribution is 6.17. The summed E-state index contributed by atoms with van der Waals surface area (Å²) in [4.78, 5) is 2.50. The molecule has 1 aliphatic heterocycles. The van der Waals surface area contributed by atoms with E-state index in [1.165, 1.54) is 32.4 Å². The number of hydrogen-bond donors (Lipinski definition) is 0. The Hall–Kier alpha value is 0.210. The number of hydrogen-bond acceptors (Lipinski definition) is 2. The van der Waals surface area contributed by atoms with Crippen molar-refractivity contribution in [1.82, 2.24) is 4.90 Å². The van der Waals surface area contributed by atoms with E-state index in [0.29, 0.717) is 0 Å². The van der Waals surface area contributed by atoms with Gasteiger partial charge in [0.25, 0.3) is 0 Å². The maximum absolute atomic E-state index is 5.62. The summed E-state index contributed by atoms with van der Waals surface area (Å²) in [6, 6.07) is 0. The minimum atomic E-state index is 0.809. The Bertz CT molecular complexity index is 113. The van der Waals surface area contributed by atoms with Gasteiger partial charge in [-0.05, 0) is 25.8 Å². The number of ether oxygens (including phenoxy) is 1. The molecule has 1 fully saturated rings. The molecule has 2 nitrogen and oxygen atoms in total. The highest BCUT2D eigenvalue weighted by atomic mass is 35.5. The quantitative estimate of drug-likeness (QED) is 0.504. The fraction of sp³-hybridized carbons (Fsp3) is 1.00. The van der Waals surface area contributed by atoms with Crippen molar-refractivity contribution in [2.75, 3.05) is 38.7 Å². The van der Waals surface area contributed by atoms with Crippen LogP contribution in [0.25, 0.3) is 0 Å². The maximum Gasteiger partial charge on any atom is 0.0593 e. The highest BCUT2D eigenvalue weighted by Crippen LogP contribution is 2.03. The number of halogens is 1. The van der Waals surface area contributed by atoms with Gasteiger partial charge in [-0.3, -0.25) is 0 Å². The average Bonchev–Trinajstić information content (AvgIpc) is 2.41. The molecule has 13 heavy (non-hydrogen) atoms. The van der Waals surface area contributed by atoms with Crippen molar-refractivity contribution in [2.45, 2.75) is 25.7 Å². The van der Waals surface area contributed by atoms with Crippen LogP contribution in [0.3, 0.4) is 0 Å². The number of alkyl halides is 1. The van der Waals surface area contributed by atoms with E-state index in [1.54, 1.807) is 0 Å². The Morgan fingerprint density at radius 3 is 2.85 bits per heavy atom. The smallest absolute Gasteiger partial charge is 0.0593 e. The van der Waals surface area contributed by atoms with Gasteiger partial charge < -0.3 is 9.64 Å². The predicted octanol–water partition coefficient (Wildman–Crippen LogP) is 2.12. The maximum atomic E-state index is 5.62. The largest absolute Gasteiger partial charge is 0.380 e. The van der Waals surface area contributed by atoms with Gasteiger partial charge in [0, 0.05) is 25.6 Å². The minimum Gasteiger partial charge on any atom is -0.380 e. The van der Waals surface area contributed by atoms with Gasteiger partial charge in [0.2, 0.25) is 0 Å². The SMILES string of the molecule is ClCCCCCN1CCCOCC1. The number of nitrogens with zero attached hydrogens (tertiary/aromatic N) is 1. The Morgan fingerprint density at radius 2 is 2.00 bits per heavy atom. The summed E-state index contributed by atoms with van der Waals surface area (Å²) in [6.45, 7) is 5.40. The summed E-state index contributed by atoms with van der Waals surface area (Å²) in [5.74, 6) is 0.809. The lowest BCUT2D eigenvalue weighted by atomic mass is 10.2. The van der Waals surface area contributed by atoms with Crippen LogP contribution in [0.1, 0.15) is 25.7 Å². The Kier molecular flexibility index (Phi) is 6.60. The second-order valence-electron chi connectivity index (χ2n) is 3.56. The average molecular weight is 206 g/mol. The van der Waals surface area contributed by atoms with Crippen molar-refractivity contribution < 1.29 is 4.74 Å². The van der Waals surface area contributed by atoms with Crippen LogP contribution in [-0.2, 0) is 4.74 Å². The predicted molar refractivity (Wildman–Crippen MR) is 56.4 cm³/mol. The van der Waals surface area contributed by atoms with Crippen LogP contribution in [0.15, 0.2) is 0 Å². The van der Waals surface area contributed by atoms with Crippen molar-refractivity contribution >= 4 is 11.6 Å². The first-order valence-electron chi connectivity index (χ1n) is 5.29. The van der Waals surface area contributed by atoms with Gasteiger partial charge in [-0.25, -0.2) is 0 Å². The van der Waals surface area contributed by atoms with Crippen LogP contribution in [0, 0.1) is 0 Å². The lowest BCUT2D eigenvalue weighted by Gasteiger charge is -2.18. The Morgan fingerprint density at radius 1 is 1.08 bits per heavy atom. The van der Waals surface area contributed by atoms with Crippen molar-refractivity contribution in [2.24, 2.45) is 0 Å². The van der Waals surface area contributed by atoms with Gasteiger partial charge in [-0.2, -0.15) is 0 Å². The first-order chi connectivity index (χ1) is 6.43. The summed E-state index contributed by atoms with van der Waals surface area (Å²) in [6.07, 6.45) is 4.90. The molecule has 1 rings (SSSR count). The fourth-order valence-corrected chi connectivity index (χ4v) is 1.82. The summed E-state index contributed by atoms with van der Waals surface area (Å²) >= 11 is 5.62. The first-order valence-corrected chi connectivity index (χ1v) is 5.83. The molecule has 0 radical (unpaired) electrons. The monoisotopic (exact) mass is 205 g/mol. The van der Waals surface area contributed by atoms with Crippen molar-refractivity contribution in [1.29, 1.82) is 0 Å². The van der Waals surface area contributed by atoms with Crippen LogP contribution in [0.5, 0.6) is 0 Å². The van der Waals surface area contributed by atoms with Crippen LogP contribution < -0.4 is 0 Å². The topological polar surface area (TPSA) is 12.5 Å². The van der Waals surface area contributed by atoms with Crippen LogP contribution in [0.2, 0.25) is 0 Å². The molecule has 78 valence electrons. The van der Waals surface area contributed by atoms with E-state index in [0.717, 1.165) is 32.1 Å². The minimum absolute atomic E-state index is 0.809. The molecule has 1 heterocycles. The molecule has 0 saturated carbocycles. The second-order valence-corrected chi connectivity index (χ2v) is 3.94. The molecule has 0 atom stereocenters. The number of rotatable bonds is 5. The van der Waals surface area contributed by atoms with E-state index >= 15 is 0 Å². The van der Waals surface area contributed by atoms with E-state index in [1.807, 2.05) is 0 Å². The lowest BCUT2D eigenvalue weighted by Crippen LogP contribution is -2.27. The molecule has 3 heteroatoms. The zero-order valence-electron chi connectivity index (χ0n) is 8.30. The number of unbranched alkanes of at least 4 members (excludes halogenated alkanes) is 2. The lowest BCUT2D eigenvalue weighted by molar-refractivity contribution is 0.141. The van der Waals surface area contributed by atoms with Gasteiger partial charge in [-0.1, -0.05) is 6.42 Å². The van der Waals surface area contributed by atoms with E-state index in [9.17, 15) is 0 Å². The summed E-state index contributed by atoms with van der Waals surface area (Å²) in [7, 11) is 0. The molecule has 0 N–H and O–H groups in total. The third-order valence-electron chi connectivity index (χ3n) is 2.42. The van der Waals surface area contributed by atoms with Crippen molar-refractivity contribution in [3.63, 3.8) is 0 Å². The molecule has 1 aliphatic rings. The Balaban J connectivity index is 1.98. The molecule has 0 bridgehead atoms. The van der Waals surface area contributed by atoms with Crippen molar-refractivity contribution in [3.8, 4) is 0 Å². The van der Waals surface area contributed by atoms with Gasteiger partial charge in [0.05, 0.1) is 6.61 Å². The van der Waals surface area contributed by atoms with Crippen LogP contribution in [0.4, 0.5) is 0 Å². The van der Waals surface area contributed by atoms with E-state index in [-0.39, 0.29) is 0 Å². The third kappa shape index (κ3) is 5.50. The molecular formula is C10H20ClNO. The van der Waals surface area contributed by atoms with Gasteiger partial charge in [0.15, 0.2) is 0 Å². The molecular weight excluding hydrogens is 186 g/mol. The van der Waals surface area contributed by atoms with Gasteiger partial charge in [0.1, 0.15) is 0 Å². The van der Waals surface area contributed by atoms with Crippen LogP contribution in [-0.4, -0.2) is 43.6 Å². The molecule has 0 aliphatic carbocycles. The molecule has 0 aromatic heterocycles. The molecule has 0 aromatic carbocycles. The highest BCUT2D eigenvalue weighted by Gasteiger charge is 2.07. The second kappa shape index (κ2) is 7.60. The molecule has 0 amide bonds. The normalized spacial score (nSPS) is 20.1. The van der Waals surface area contributed by atoms with Crippen LogP contribution >= 0.6 is 11.6 Å². The fourth-order valence-electron chi connectivity index (χ4n) is 1.63. The van der Waals surface area contributed by atoms with Gasteiger partial charge >= 0.3 is 0 Å². The van der Waals surface area contributed by atoms with E-state index in [2.05, 4.69) is 4.90 Å². The first kappa shape index (κ1) is 11.3.